The third kappa shape index (κ3) is 2.52. The Morgan fingerprint density at radius 1 is 1.20 bits per heavy atom. The molecule has 0 fully saturated rings. The van der Waals surface area contributed by atoms with Gasteiger partial charge in [0, 0.05) is 21.2 Å². The molecule has 2 nitrogen and oxygen atoms in total. The van der Waals surface area contributed by atoms with Crippen LogP contribution in [0.1, 0.15) is 40.6 Å². The summed E-state index contributed by atoms with van der Waals surface area (Å²) in [5, 5.41) is 9.30. The Labute approximate surface area is 123 Å². The number of Topliss-reactive ketones (excluding diaryl/α,β-unsaturated/α-hetero) is 1. The minimum atomic E-state index is -0.0789. The highest BCUT2D eigenvalue weighted by Crippen LogP contribution is 2.35. The Hall–Kier alpha value is -1.92. The zero-order valence-electron chi connectivity index (χ0n) is 12.2. The van der Waals surface area contributed by atoms with Gasteiger partial charge in [-0.1, -0.05) is 31.2 Å². The summed E-state index contributed by atoms with van der Waals surface area (Å²) in [5.74, 6) is 0.0859. The van der Waals surface area contributed by atoms with E-state index in [0.29, 0.717) is 0 Å². The molecule has 1 aromatic heterocycles. The predicted octanol–water partition coefficient (Wildman–Crippen LogP) is 4.60. The van der Waals surface area contributed by atoms with E-state index in [2.05, 4.69) is 6.07 Å². The van der Waals surface area contributed by atoms with Crippen LogP contribution >= 0.6 is 11.3 Å². The number of nitriles is 1. The number of benzene rings is 1. The molecule has 0 aliphatic carbocycles. The highest BCUT2D eigenvalue weighted by molar-refractivity contribution is 7.12. The quantitative estimate of drug-likeness (QED) is 0.826. The molecule has 1 unspecified atom stereocenters. The lowest BCUT2D eigenvalue weighted by Crippen LogP contribution is -2.03. The van der Waals surface area contributed by atoms with Crippen molar-refractivity contribution in [2.75, 3.05) is 0 Å². The molecule has 0 aliphatic heterocycles. The second kappa shape index (κ2) is 5.60. The lowest BCUT2D eigenvalue weighted by atomic mass is 9.94. The zero-order valence-corrected chi connectivity index (χ0v) is 13.0. The van der Waals surface area contributed by atoms with Gasteiger partial charge in [-0.2, -0.15) is 5.26 Å². The van der Waals surface area contributed by atoms with Gasteiger partial charge in [0.1, 0.15) is 11.9 Å². The Bertz CT molecular complexity index is 689. The van der Waals surface area contributed by atoms with Gasteiger partial charge in [-0.05, 0) is 31.9 Å². The van der Waals surface area contributed by atoms with E-state index in [0.717, 1.165) is 32.0 Å². The number of carbonyl (C=O) groups excluding carboxylic acids is 1. The van der Waals surface area contributed by atoms with Gasteiger partial charge in [-0.15, -0.1) is 11.3 Å². The number of hydrogen-bond acceptors (Lipinski definition) is 3. The summed E-state index contributed by atoms with van der Waals surface area (Å²) in [5.41, 5.74) is 3.85. The standard InChI is InChI=1S/C17H17NOS/c1-10(11(2)19)14-5-7-15(8-6-14)17-13(4)20-12(3)16(17)9-18/h5-8,10H,1-4H3. The van der Waals surface area contributed by atoms with E-state index in [1.807, 2.05) is 45.0 Å². The summed E-state index contributed by atoms with van der Waals surface area (Å²) in [4.78, 5) is 13.6. The predicted molar refractivity (Wildman–Crippen MR) is 83.0 cm³/mol. The summed E-state index contributed by atoms with van der Waals surface area (Å²) in [6, 6.07) is 10.3. The van der Waals surface area contributed by atoms with Crippen LogP contribution in [0.25, 0.3) is 11.1 Å². The molecule has 0 aliphatic rings. The van der Waals surface area contributed by atoms with Crippen molar-refractivity contribution < 1.29 is 4.79 Å². The van der Waals surface area contributed by atoms with Crippen LogP contribution in [0.15, 0.2) is 24.3 Å². The zero-order chi connectivity index (χ0) is 14.9. The Morgan fingerprint density at radius 2 is 1.80 bits per heavy atom. The molecule has 0 amide bonds. The first-order valence-corrected chi connectivity index (χ1v) is 7.38. The van der Waals surface area contributed by atoms with E-state index in [1.54, 1.807) is 18.3 Å². The number of aryl methyl sites for hydroxylation is 2. The Kier molecular flexibility index (Phi) is 4.06. The normalized spacial score (nSPS) is 11.9. The molecule has 102 valence electrons. The molecule has 0 N–H and O–H groups in total. The molecule has 0 saturated carbocycles. The Balaban J connectivity index is 2.46. The van der Waals surface area contributed by atoms with Crippen LogP contribution in [0.4, 0.5) is 0 Å². The van der Waals surface area contributed by atoms with E-state index >= 15 is 0 Å². The SMILES string of the molecule is CC(=O)C(C)c1ccc(-c2c(C)sc(C)c2C#N)cc1. The number of rotatable bonds is 3. The molecule has 0 spiro atoms. The van der Waals surface area contributed by atoms with Gasteiger partial charge in [0.2, 0.25) is 0 Å². The molecule has 1 aromatic carbocycles. The maximum absolute atomic E-state index is 11.4. The van der Waals surface area contributed by atoms with Gasteiger partial charge in [0.05, 0.1) is 5.56 Å². The first-order valence-electron chi connectivity index (χ1n) is 6.56. The van der Waals surface area contributed by atoms with Gasteiger partial charge < -0.3 is 0 Å². The van der Waals surface area contributed by atoms with Crippen molar-refractivity contribution in [3.8, 4) is 17.2 Å². The van der Waals surface area contributed by atoms with Crippen LogP contribution in [0.3, 0.4) is 0 Å². The summed E-state index contributed by atoms with van der Waals surface area (Å²) in [7, 11) is 0. The highest BCUT2D eigenvalue weighted by Gasteiger charge is 2.15. The minimum Gasteiger partial charge on any atom is -0.299 e. The third-order valence-electron chi connectivity index (χ3n) is 3.68. The van der Waals surface area contributed by atoms with Crippen LogP contribution in [0, 0.1) is 25.2 Å². The van der Waals surface area contributed by atoms with Crippen molar-refractivity contribution in [2.45, 2.75) is 33.6 Å². The maximum Gasteiger partial charge on any atom is 0.136 e. The van der Waals surface area contributed by atoms with Crippen molar-refractivity contribution in [2.24, 2.45) is 0 Å². The monoisotopic (exact) mass is 283 g/mol. The first-order chi connectivity index (χ1) is 9.45. The van der Waals surface area contributed by atoms with Crippen molar-refractivity contribution in [1.82, 2.24) is 0 Å². The van der Waals surface area contributed by atoms with Crippen LogP contribution in [0.2, 0.25) is 0 Å². The lowest BCUT2D eigenvalue weighted by Gasteiger charge is -2.09. The fourth-order valence-electron chi connectivity index (χ4n) is 2.34. The minimum absolute atomic E-state index is 0.0789. The molecule has 0 bridgehead atoms. The average molecular weight is 283 g/mol. The van der Waals surface area contributed by atoms with Crippen LogP contribution in [-0.2, 0) is 4.79 Å². The topological polar surface area (TPSA) is 40.9 Å². The summed E-state index contributed by atoms with van der Waals surface area (Å²) in [6.45, 7) is 7.54. The fraction of sp³-hybridized carbons (Fsp3) is 0.294. The van der Waals surface area contributed by atoms with Gasteiger partial charge >= 0.3 is 0 Å². The number of thiophene rings is 1. The van der Waals surface area contributed by atoms with Gasteiger partial charge in [0.15, 0.2) is 0 Å². The molecule has 20 heavy (non-hydrogen) atoms. The van der Waals surface area contributed by atoms with E-state index in [1.165, 1.54) is 0 Å². The second-order valence-electron chi connectivity index (χ2n) is 5.03. The molecular formula is C17H17NOS. The average Bonchev–Trinajstić information content (AvgIpc) is 2.72. The third-order valence-corrected chi connectivity index (χ3v) is 4.70. The molecule has 0 radical (unpaired) electrons. The molecule has 2 rings (SSSR count). The summed E-state index contributed by atoms with van der Waals surface area (Å²) >= 11 is 1.65. The van der Waals surface area contributed by atoms with E-state index in [-0.39, 0.29) is 11.7 Å². The summed E-state index contributed by atoms with van der Waals surface area (Å²) < 4.78 is 0. The highest BCUT2D eigenvalue weighted by atomic mass is 32.1. The maximum atomic E-state index is 11.4. The molecule has 2 aromatic rings. The molecule has 3 heteroatoms. The van der Waals surface area contributed by atoms with Crippen molar-refractivity contribution in [3.63, 3.8) is 0 Å². The van der Waals surface area contributed by atoms with Gasteiger partial charge in [-0.3, -0.25) is 4.79 Å². The number of carbonyl (C=O) groups is 1. The van der Waals surface area contributed by atoms with Crippen LogP contribution < -0.4 is 0 Å². The molecule has 1 atom stereocenters. The number of ketones is 1. The second-order valence-corrected chi connectivity index (χ2v) is 6.46. The largest absolute Gasteiger partial charge is 0.299 e. The van der Waals surface area contributed by atoms with E-state index in [4.69, 9.17) is 0 Å². The number of nitrogens with zero attached hydrogens (tertiary/aromatic N) is 1. The molecule has 0 saturated heterocycles. The van der Waals surface area contributed by atoms with Crippen molar-refractivity contribution >= 4 is 17.1 Å². The van der Waals surface area contributed by atoms with Crippen molar-refractivity contribution in [3.05, 3.63) is 45.1 Å². The summed E-state index contributed by atoms with van der Waals surface area (Å²) in [6.07, 6.45) is 0. The smallest absolute Gasteiger partial charge is 0.136 e. The molecular weight excluding hydrogens is 266 g/mol. The van der Waals surface area contributed by atoms with E-state index in [9.17, 15) is 10.1 Å². The first kappa shape index (κ1) is 14.5. The number of hydrogen-bond donors (Lipinski definition) is 0. The van der Waals surface area contributed by atoms with Gasteiger partial charge in [-0.25, -0.2) is 0 Å². The van der Waals surface area contributed by atoms with Gasteiger partial charge in [0.25, 0.3) is 0 Å². The van der Waals surface area contributed by atoms with Crippen molar-refractivity contribution in [1.29, 1.82) is 5.26 Å². The Morgan fingerprint density at radius 3 is 2.30 bits per heavy atom. The fourth-order valence-corrected chi connectivity index (χ4v) is 3.37. The van der Waals surface area contributed by atoms with Crippen LogP contribution in [0.5, 0.6) is 0 Å². The van der Waals surface area contributed by atoms with E-state index < -0.39 is 0 Å². The van der Waals surface area contributed by atoms with Crippen LogP contribution in [-0.4, -0.2) is 5.78 Å². The lowest BCUT2D eigenvalue weighted by molar-refractivity contribution is -0.118. The molecule has 1 heterocycles.